The average molecular weight is 303 g/mol. The highest BCUT2D eigenvalue weighted by atomic mass is 16.1. The zero-order chi connectivity index (χ0) is 15.9. The van der Waals surface area contributed by atoms with E-state index in [2.05, 4.69) is 22.0 Å². The molecule has 0 aliphatic carbocycles. The Kier molecular flexibility index (Phi) is 6.10. The van der Waals surface area contributed by atoms with Crippen molar-refractivity contribution in [3.05, 3.63) is 29.8 Å². The molecule has 0 spiro atoms. The first-order valence-corrected chi connectivity index (χ1v) is 7.94. The first kappa shape index (κ1) is 16.6. The van der Waals surface area contributed by atoms with Crippen LogP contribution < -0.4 is 5.32 Å². The molecule has 0 saturated carbocycles. The minimum Gasteiger partial charge on any atom is -0.326 e. The molecule has 1 saturated heterocycles. The molecular weight excluding hydrogens is 278 g/mol. The summed E-state index contributed by atoms with van der Waals surface area (Å²) in [6.07, 6.45) is 0.483. The second kappa shape index (κ2) is 8.06. The van der Waals surface area contributed by atoms with E-state index in [4.69, 9.17) is 0 Å². The molecule has 1 aliphatic rings. The molecular formula is C17H25N3O2. The van der Waals surface area contributed by atoms with Crippen LogP contribution in [0.4, 0.5) is 5.69 Å². The maximum Gasteiger partial charge on any atom is 0.225 e. The third-order valence-electron chi connectivity index (χ3n) is 4.12. The number of Topliss-reactive ketones (excluding diaryl/α,β-unsaturated/α-hetero) is 1. The van der Waals surface area contributed by atoms with Gasteiger partial charge in [0.25, 0.3) is 0 Å². The number of ketones is 1. The minimum absolute atomic E-state index is 0.00127. The highest BCUT2D eigenvalue weighted by molar-refractivity contribution is 5.97. The minimum atomic E-state index is -0.00127. The molecule has 2 rings (SSSR count). The van der Waals surface area contributed by atoms with Crippen molar-refractivity contribution in [2.24, 2.45) is 0 Å². The predicted molar refractivity (Wildman–Crippen MR) is 88.2 cm³/mol. The Balaban J connectivity index is 1.76. The van der Waals surface area contributed by atoms with E-state index in [9.17, 15) is 9.59 Å². The van der Waals surface area contributed by atoms with E-state index in [1.807, 2.05) is 6.07 Å². The van der Waals surface area contributed by atoms with Crippen LogP contribution in [0.1, 0.15) is 30.6 Å². The fourth-order valence-electron chi connectivity index (χ4n) is 2.63. The van der Waals surface area contributed by atoms with Gasteiger partial charge in [-0.3, -0.25) is 9.59 Å². The van der Waals surface area contributed by atoms with Gasteiger partial charge in [0.15, 0.2) is 5.78 Å². The second-order valence-corrected chi connectivity index (χ2v) is 5.71. The maximum atomic E-state index is 12.0. The lowest BCUT2D eigenvalue weighted by atomic mass is 10.1. The van der Waals surface area contributed by atoms with Crippen molar-refractivity contribution >= 4 is 17.4 Å². The summed E-state index contributed by atoms with van der Waals surface area (Å²) in [5.41, 5.74) is 1.31. The van der Waals surface area contributed by atoms with Crippen LogP contribution in [0.3, 0.4) is 0 Å². The fourth-order valence-corrected chi connectivity index (χ4v) is 2.63. The first-order valence-electron chi connectivity index (χ1n) is 7.94. The van der Waals surface area contributed by atoms with Gasteiger partial charge in [0.2, 0.25) is 5.91 Å². The Labute approximate surface area is 132 Å². The van der Waals surface area contributed by atoms with Crippen molar-refractivity contribution in [3.8, 4) is 0 Å². The lowest BCUT2D eigenvalue weighted by Crippen LogP contribution is -2.46. The number of hydrogen-bond acceptors (Lipinski definition) is 4. The quantitative estimate of drug-likeness (QED) is 0.815. The highest BCUT2D eigenvalue weighted by Crippen LogP contribution is 2.11. The van der Waals surface area contributed by atoms with E-state index in [-0.39, 0.29) is 11.7 Å². The molecule has 0 unspecified atom stereocenters. The van der Waals surface area contributed by atoms with Gasteiger partial charge in [-0.15, -0.1) is 0 Å². The maximum absolute atomic E-state index is 12.0. The molecule has 5 heteroatoms. The predicted octanol–water partition coefficient (Wildman–Crippen LogP) is 1.86. The lowest BCUT2D eigenvalue weighted by molar-refractivity contribution is -0.116. The van der Waals surface area contributed by atoms with Crippen LogP contribution in [0.25, 0.3) is 0 Å². The number of hydrogen-bond donors (Lipinski definition) is 1. The summed E-state index contributed by atoms with van der Waals surface area (Å²) in [5.74, 6) is 0.00326. The van der Waals surface area contributed by atoms with Crippen LogP contribution in [0.2, 0.25) is 0 Å². The van der Waals surface area contributed by atoms with Crippen molar-refractivity contribution in [2.75, 3.05) is 44.6 Å². The number of rotatable bonds is 6. The molecule has 0 bridgehead atoms. The van der Waals surface area contributed by atoms with Gasteiger partial charge in [-0.1, -0.05) is 19.1 Å². The van der Waals surface area contributed by atoms with Gasteiger partial charge >= 0.3 is 0 Å². The van der Waals surface area contributed by atoms with Gasteiger partial charge in [0.1, 0.15) is 0 Å². The molecule has 0 atom stereocenters. The third-order valence-corrected chi connectivity index (χ3v) is 4.12. The fraction of sp³-hybridized carbons (Fsp3) is 0.529. The monoisotopic (exact) mass is 303 g/mol. The van der Waals surface area contributed by atoms with Crippen LogP contribution in [0.15, 0.2) is 24.3 Å². The number of nitrogens with zero attached hydrogens (tertiary/aromatic N) is 2. The van der Waals surface area contributed by atoms with Crippen LogP contribution in [-0.2, 0) is 4.79 Å². The smallest absolute Gasteiger partial charge is 0.225 e. The summed E-state index contributed by atoms with van der Waals surface area (Å²) in [6, 6.07) is 7.08. The molecule has 1 N–H and O–H groups in total. The van der Waals surface area contributed by atoms with Gasteiger partial charge in [0, 0.05) is 50.4 Å². The molecule has 1 aromatic carbocycles. The van der Waals surface area contributed by atoms with Crippen LogP contribution in [-0.4, -0.2) is 60.8 Å². The zero-order valence-electron chi connectivity index (χ0n) is 13.5. The Hall–Kier alpha value is -1.72. The molecule has 1 aromatic rings. The highest BCUT2D eigenvalue weighted by Gasteiger charge is 2.16. The molecule has 1 fully saturated rings. The summed E-state index contributed by atoms with van der Waals surface area (Å²) in [6.45, 7) is 9.81. The SMILES string of the molecule is CCN1CCN(CCC(=O)Nc2cccc(C(C)=O)c2)CC1. The molecule has 1 aliphatic heterocycles. The summed E-state index contributed by atoms with van der Waals surface area (Å²) in [5, 5.41) is 2.87. The van der Waals surface area contributed by atoms with E-state index in [1.165, 1.54) is 6.92 Å². The van der Waals surface area contributed by atoms with Crippen LogP contribution in [0, 0.1) is 0 Å². The Morgan fingerprint density at radius 3 is 2.45 bits per heavy atom. The average Bonchev–Trinajstić information content (AvgIpc) is 2.53. The van der Waals surface area contributed by atoms with E-state index in [1.54, 1.807) is 18.2 Å². The summed E-state index contributed by atoms with van der Waals surface area (Å²) < 4.78 is 0. The number of nitrogens with one attached hydrogen (secondary N) is 1. The van der Waals surface area contributed by atoms with Gasteiger partial charge in [0.05, 0.1) is 0 Å². The number of anilines is 1. The molecule has 0 radical (unpaired) electrons. The Morgan fingerprint density at radius 2 is 1.82 bits per heavy atom. The van der Waals surface area contributed by atoms with Gasteiger partial charge in [-0.25, -0.2) is 0 Å². The molecule has 1 heterocycles. The van der Waals surface area contributed by atoms with Crippen molar-refractivity contribution in [1.29, 1.82) is 0 Å². The Morgan fingerprint density at radius 1 is 1.14 bits per heavy atom. The first-order chi connectivity index (χ1) is 10.6. The largest absolute Gasteiger partial charge is 0.326 e. The van der Waals surface area contributed by atoms with Gasteiger partial charge in [-0.2, -0.15) is 0 Å². The van der Waals surface area contributed by atoms with Crippen LogP contribution >= 0.6 is 0 Å². The number of benzene rings is 1. The number of likely N-dealkylation sites (N-methyl/N-ethyl adjacent to an activating group) is 1. The van der Waals surface area contributed by atoms with Crippen molar-refractivity contribution in [2.45, 2.75) is 20.3 Å². The van der Waals surface area contributed by atoms with Gasteiger partial charge in [-0.05, 0) is 25.6 Å². The summed E-state index contributed by atoms with van der Waals surface area (Å²) in [4.78, 5) is 28.1. The number of carbonyl (C=O) groups excluding carboxylic acids is 2. The molecule has 120 valence electrons. The number of amides is 1. The molecule has 5 nitrogen and oxygen atoms in total. The van der Waals surface area contributed by atoms with Crippen molar-refractivity contribution in [1.82, 2.24) is 9.80 Å². The van der Waals surface area contributed by atoms with E-state index in [0.717, 1.165) is 39.3 Å². The van der Waals surface area contributed by atoms with E-state index in [0.29, 0.717) is 17.7 Å². The zero-order valence-corrected chi connectivity index (χ0v) is 13.5. The second-order valence-electron chi connectivity index (χ2n) is 5.71. The normalized spacial score (nSPS) is 16.5. The Bertz CT molecular complexity index is 522. The summed E-state index contributed by atoms with van der Waals surface area (Å²) >= 11 is 0. The summed E-state index contributed by atoms with van der Waals surface area (Å²) in [7, 11) is 0. The van der Waals surface area contributed by atoms with Crippen molar-refractivity contribution < 1.29 is 9.59 Å². The van der Waals surface area contributed by atoms with Crippen LogP contribution in [0.5, 0.6) is 0 Å². The topological polar surface area (TPSA) is 52.6 Å². The van der Waals surface area contributed by atoms with Crippen molar-refractivity contribution in [3.63, 3.8) is 0 Å². The molecule has 0 aromatic heterocycles. The number of carbonyl (C=O) groups is 2. The molecule has 22 heavy (non-hydrogen) atoms. The molecule has 1 amide bonds. The lowest BCUT2D eigenvalue weighted by Gasteiger charge is -2.33. The number of piperazine rings is 1. The van der Waals surface area contributed by atoms with E-state index < -0.39 is 0 Å². The van der Waals surface area contributed by atoms with Gasteiger partial charge < -0.3 is 15.1 Å². The van der Waals surface area contributed by atoms with E-state index >= 15 is 0 Å². The third kappa shape index (κ3) is 4.93. The standard InChI is InChI=1S/C17H25N3O2/c1-3-19-9-11-20(12-10-19)8-7-17(22)18-16-6-4-5-15(13-16)14(2)21/h4-6,13H,3,7-12H2,1-2H3,(H,18,22).